The maximum absolute atomic E-state index is 5.65. The number of hydrazine groups is 1. The molecule has 0 aliphatic rings. The molecule has 80 valence electrons. The highest BCUT2D eigenvalue weighted by molar-refractivity contribution is 9.10. The van der Waals surface area contributed by atoms with Crippen LogP contribution >= 0.6 is 27.5 Å². The minimum atomic E-state index is 0.176. The summed E-state index contributed by atoms with van der Waals surface area (Å²) in [5.74, 6) is 0.563. The Morgan fingerprint density at radius 1 is 1.73 bits per heavy atom. The number of aromatic nitrogens is 2. The minimum Gasteiger partial charge on any atom is -0.280 e. The van der Waals surface area contributed by atoms with Crippen molar-refractivity contribution in [1.82, 2.24) is 15.0 Å². The third-order valence-electron chi connectivity index (χ3n) is 1.34. The van der Waals surface area contributed by atoms with Gasteiger partial charge in [0, 0.05) is 19.4 Å². The normalized spacial score (nSPS) is 10.3. The Balaban J connectivity index is 2.75. The van der Waals surface area contributed by atoms with Gasteiger partial charge in [0.15, 0.2) is 5.82 Å². The van der Waals surface area contributed by atoms with Gasteiger partial charge in [-0.1, -0.05) is 6.58 Å². The number of halogens is 2. The molecule has 0 atom stereocenters. The Morgan fingerprint density at radius 2 is 2.47 bits per heavy atom. The van der Waals surface area contributed by atoms with Gasteiger partial charge in [0.1, 0.15) is 6.34 Å². The maximum Gasteiger partial charge on any atom is 0.224 e. The molecule has 5 nitrogen and oxygen atoms in total. The molecular formula is C8H9BrClN5. The molecule has 0 saturated heterocycles. The van der Waals surface area contributed by atoms with E-state index >= 15 is 0 Å². The van der Waals surface area contributed by atoms with Crippen LogP contribution in [0.5, 0.6) is 0 Å². The van der Waals surface area contributed by atoms with E-state index < -0.39 is 0 Å². The van der Waals surface area contributed by atoms with Crippen molar-refractivity contribution >= 4 is 39.7 Å². The van der Waals surface area contributed by atoms with Crippen molar-refractivity contribution in [3.05, 3.63) is 28.7 Å². The Morgan fingerprint density at radius 3 is 3.13 bits per heavy atom. The van der Waals surface area contributed by atoms with Crippen LogP contribution in [0.1, 0.15) is 0 Å². The number of aliphatic imine (C=N–C) groups is 1. The van der Waals surface area contributed by atoms with E-state index in [0.717, 1.165) is 0 Å². The Bertz CT molecular complexity index is 381. The molecule has 0 bridgehead atoms. The summed E-state index contributed by atoms with van der Waals surface area (Å²) in [6, 6.07) is 0. The zero-order valence-corrected chi connectivity index (χ0v) is 10.3. The largest absolute Gasteiger partial charge is 0.280 e. The summed E-state index contributed by atoms with van der Waals surface area (Å²) in [5, 5.41) is 1.79. The molecule has 0 fully saturated rings. The summed E-state index contributed by atoms with van der Waals surface area (Å²) in [6.07, 6.45) is 4.55. The first-order valence-electron chi connectivity index (χ1n) is 3.95. The first-order valence-corrected chi connectivity index (χ1v) is 5.12. The van der Waals surface area contributed by atoms with Crippen molar-refractivity contribution in [2.24, 2.45) is 4.99 Å². The van der Waals surface area contributed by atoms with Crippen molar-refractivity contribution in [2.75, 3.05) is 12.5 Å². The van der Waals surface area contributed by atoms with Crippen LogP contribution in [0.15, 0.2) is 28.4 Å². The van der Waals surface area contributed by atoms with E-state index in [4.69, 9.17) is 11.6 Å². The van der Waals surface area contributed by atoms with Gasteiger partial charge in [0.05, 0.1) is 4.47 Å². The molecule has 1 aromatic heterocycles. The molecule has 1 heterocycles. The molecule has 0 spiro atoms. The standard InChI is InChI=1S/C8H9BrClN5/c1-3-11-5-15(2)14-7-6(9)4-12-8(10)13-7/h3-5H,1H2,2H3,(H,12,13,14). The highest BCUT2D eigenvalue weighted by atomic mass is 79.9. The summed E-state index contributed by atoms with van der Waals surface area (Å²) in [6.45, 7) is 3.46. The number of hydrogen-bond donors (Lipinski definition) is 1. The smallest absolute Gasteiger partial charge is 0.224 e. The lowest BCUT2D eigenvalue weighted by Gasteiger charge is -2.15. The van der Waals surface area contributed by atoms with Crippen molar-refractivity contribution in [2.45, 2.75) is 0 Å². The lowest BCUT2D eigenvalue weighted by Crippen LogP contribution is -2.24. The molecule has 0 aromatic carbocycles. The minimum absolute atomic E-state index is 0.176. The fourth-order valence-electron chi connectivity index (χ4n) is 0.767. The van der Waals surface area contributed by atoms with Crippen LogP contribution in [-0.2, 0) is 0 Å². The van der Waals surface area contributed by atoms with Crippen molar-refractivity contribution in [1.29, 1.82) is 0 Å². The summed E-state index contributed by atoms with van der Waals surface area (Å²) in [7, 11) is 1.77. The first-order chi connectivity index (χ1) is 7.13. The van der Waals surface area contributed by atoms with Gasteiger partial charge >= 0.3 is 0 Å². The number of nitrogens with zero attached hydrogens (tertiary/aromatic N) is 4. The second-order valence-corrected chi connectivity index (χ2v) is 3.70. The quantitative estimate of drug-likeness (QED) is 0.400. The zero-order valence-electron chi connectivity index (χ0n) is 7.98. The zero-order chi connectivity index (χ0) is 11.3. The highest BCUT2D eigenvalue weighted by Gasteiger charge is 2.03. The molecule has 7 heteroatoms. The lowest BCUT2D eigenvalue weighted by molar-refractivity contribution is 0.621. The van der Waals surface area contributed by atoms with Crippen molar-refractivity contribution in [3.63, 3.8) is 0 Å². The Kier molecular flexibility index (Phi) is 4.51. The molecule has 0 radical (unpaired) electrons. The van der Waals surface area contributed by atoms with Crippen LogP contribution in [-0.4, -0.2) is 28.4 Å². The summed E-state index contributed by atoms with van der Waals surface area (Å²) in [5.41, 5.74) is 2.94. The highest BCUT2D eigenvalue weighted by Crippen LogP contribution is 2.19. The predicted octanol–water partition coefficient (Wildman–Crippen LogP) is 2.32. The van der Waals surface area contributed by atoms with Gasteiger partial charge in [-0.3, -0.25) is 10.4 Å². The molecule has 1 rings (SSSR count). The number of nitrogens with one attached hydrogen (secondary N) is 1. The van der Waals surface area contributed by atoms with Gasteiger partial charge in [-0.15, -0.1) is 0 Å². The predicted molar refractivity (Wildman–Crippen MR) is 64.8 cm³/mol. The third-order valence-corrected chi connectivity index (χ3v) is 2.10. The summed E-state index contributed by atoms with van der Waals surface area (Å²) < 4.78 is 0.714. The van der Waals surface area contributed by atoms with Gasteiger partial charge in [-0.2, -0.15) is 4.98 Å². The fourth-order valence-corrected chi connectivity index (χ4v) is 1.18. The molecule has 0 aliphatic heterocycles. The summed E-state index contributed by atoms with van der Waals surface area (Å²) in [4.78, 5) is 11.6. The molecule has 15 heavy (non-hydrogen) atoms. The van der Waals surface area contributed by atoms with Crippen LogP contribution in [0, 0.1) is 0 Å². The fraction of sp³-hybridized carbons (Fsp3) is 0.125. The van der Waals surface area contributed by atoms with Gasteiger partial charge in [-0.05, 0) is 27.5 Å². The van der Waals surface area contributed by atoms with Crippen LogP contribution in [0.4, 0.5) is 5.82 Å². The molecular weight excluding hydrogens is 281 g/mol. The third kappa shape index (κ3) is 3.85. The number of rotatable bonds is 4. The van der Waals surface area contributed by atoms with E-state index in [9.17, 15) is 0 Å². The van der Waals surface area contributed by atoms with Gasteiger partial charge < -0.3 is 0 Å². The van der Waals surface area contributed by atoms with Crippen LogP contribution in [0.3, 0.4) is 0 Å². The molecule has 1 aromatic rings. The number of anilines is 1. The average Bonchev–Trinajstić information content (AvgIpc) is 2.20. The van der Waals surface area contributed by atoms with E-state index in [0.29, 0.717) is 10.3 Å². The molecule has 0 aliphatic carbocycles. The molecule has 0 unspecified atom stereocenters. The lowest BCUT2D eigenvalue weighted by atomic mass is 10.6. The topological polar surface area (TPSA) is 53.4 Å². The van der Waals surface area contributed by atoms with E-state index in [1.165, 1.54) is 6.20 Å². The second kappa shape index (κ2) is 5.67. The molecule has 0 amide bonds. The monoisotopic (exact) mass is 289 g/mol. The van der Waals surface area contributed by atoms with E-state index in [-0.39, 0.29) is 5.28 Å². The molecule has 0 saturated carbocycles. The van der Waals surface area contributed by atoms with Crippen LogP contribution < -0.4 is 5.43 Å². The van der Waals surface area contributed by atoms with E-state index in [1.807, 2.05) is 0 Å². The maximum atomic E-state index is 5.65. The second-order valence-electron chi connectivity index (χ2n) is 2.51. The van der Waals surface area contributed by atoms with Crippen LogP contribution in [0.25, 0.3) is 0 Å². The van der Waals surface area contributed by atoms with Crippen LogP contribution in [0.2, 0.25) is 5.28 Å². The van der Waals surface area contributed by atoms with Gasteiger partial charge in [0.25, 0.3) is 0 Å². The van der Waals surface area contributed by atoms with Crippen molar-refractivity contribution in [3.8, 4) is 0 Å². The average molecular weight is 291 g/mol. The van der Waals surface area contributed by atoms with Crippen molar-refractivity contribution < 1.29 is 0 Å². The Hall–Kier alpha value is -1.14. The summed E-state index contributed by atoms with van der Waals surface area (Å²) >= 11 is 8.94. The first kappa shape index (κ1) is 11.9. The molecule has 1 N–H and O–H groups in total. The Labute approximate surface area is 101 Å². The van der Waals surface area contributed by atoms with Gasteiger partial charge in [0.2, 0.25) is 5.28 Å². The van der Waals surface area contributed by atoms with E-state index in [1.54, 1.807) is 24.6 Å². The van der Waals surface area contributed by atoms with Gasteiger partial charge in [-0.25, -0.2) is 9.98 Å². The number of hydrogen-bond acceptors (Lipinski definition) is 4. The SMILES string of the molecule is C=CN=CN(C)Nc1nc(Cl)ncc1Br. The van der Waals surface area contributed by atoms with E-state index in [2.05, 4.69) is 42.9 Å².